The molecule has 1 N–H and O–H groups in total. The quantitative estimate of drug-likeness (QED) is 0.707. The molecule has 2 heterocycles. The second-order valence-electron chi connectivity index (χ2n) is 6.32. The third-order valence-corrected chi connectivity index (χ3v) is 4.36. The van der Waals surface area contributed by atoms with Crippen LogP contribution in [0.25, 0.3) is 0 Å². The molecule has 0 atom stereocenters. The number of pyridine rings is 1. The fraction of sp³-hybridized carbons (Fsp3) is 0.333. The highest BCUT2D eigenvalue weighted by atomic mass is 16.5. The summed E-state index contributed by atoms with van der Waals surface area (Å²) in [7, 11) is 1.57. The minimum absolute atomic E-state index is 0.135. The number of methoxy groups -OCH3 is 1. The smallest absolute Gasteiger partial charge is 0.263 e. The van der Waals surface area contributed by atoms with Crippen LogP contribution in [-0.2, 0) is 16.0 Å². The number of nitrogens with zero attached hydrogens (tertiary/aromatic N) is 2. The van der Waals surface area contributed by atoms with Crippen LogP contribution in [0.1, 0.15) is 5.56 Å². The minimum atomic E-state index is -0.288. The second-order valence-corrected chi connectivity index (χ2v) is 6.32. The lowest BCUT2D eigenvalue weighted by atomic mass is 10.1. The molecule has 0 bridgehead atoms. The first-order chi connectivity index (χ1) is 13.7. The number of ether oxygens (including phenoxy) is 3. The summed E-state index contributed by atoms with van der Waals surface area (Å²) in [6, 6.07) is 9.31. The van der Waals surface area contributed by atoms with Crippen molar-refractivity contribution in [2.75, 3.05) is 50.2 Å². The number of carbonyl (C=O) groups excluding carboxylic acids is 1. The lowest BCUT2D eigenvalue weighted by Crippen LogP contribution is -2.36. The van der Waals surface area contributed by atoms with E-state index < -0.39 is 0 Å². The molecule has 0 aliphatic carbocycles. The number of hydrogen-bond donors (Lipinski definition) is 1. The Kier molecular flexibility index (Phi) is 6.86. The lowest BCUT2D eigenvalue weighted by Gasteiger charge is -2.28. The molecule has 7 nitrogen and oxygen atoms in total. The second kappa shape index (κ2) is 9.75. The fourth-order valence-electron chi connectivity index (χ4n) is 2.92. The van der Waals surface area contributed by atoms with Crippen LogP contribution in [0.15, 0.2) is 49.2 Å². The summed E-state index contributed by atoms with van der Waals surface area (Å²) < 4.78 is 16.3. The molecular formula is C21H25N3O4. The molecule has 1 saturated heterocycles. The maximum absolute atomic E-state index is 12.2. The van der Waals surface area contributed by atoms with Gasteiger partial charge in [0.1, 0.15) is 5.82 Å². The summed E-state index contributed by atoms with van der Waals surface area (Å²) in [5.74, 6) is 1.30. The van der Waals surface area contributed by atoms with E-state index in [-0.39, 0.29) is 12.5 Å². The zero-order valence-electron chi connectivity index (χ0n) is 16.0. The molecule has 2 aromatic rings. The molecule has 148 valence electrons. The summed E-state index contributed by atoms with van der Waals surface area (Å²) >= 11 is 0. The van der Waals surface area contributed by atoms with Crippen LogP contribution in [0.5, 0.6) is 11.5 Å². The molecule has 7 heteroatoms. The lowest BCUT2D eigenvalue weighted by molar-refractivity contribution is -0.118. The van der Waals surface area contributed by atoms with E-state index in [0.717, 1.165) is 30.8 Å². The van der Waals surface area contributed by atoms with E-state index in [4.69, 9.17) is 14.2 Å². The predicted octanol–water partition coefficient (Wildman–Crippen LogP) is 2.67. The van der Waals surface area contributed by atoms with Gasteiger partial charge < -0.3 is 24.4 Å². The Hall–Kier alpha value is -3.06. The van der Waals surface area contributed by atoms with E-state index in [1.807, 2.05) is 24.3 Å². The first kappa shape index (κ1) is 19.7. The van der Waals surface area contributed by atoms with E-state index in [0.29, 0.717) is 30.5 Å². The number of carbonyl (C=O) groups is 1. The molecular weight excluding hydrogens is 358 g/mol. The van der Waals surface area contributed by atoms with Gasteiger partial charge in [-0.05, 0) is 36.2 Å². The fourth-order valence-corrected chi connectivity index (χ4v) is 2.92. The molecule has 1 amide bonds. The van der Waals surface area contributed by atoms with Crippen LogP contribution in [0.2, 0.25) is 0 Å². The standard InChI is InChI=1S/C21H25N3O4/c1-3-4-16-5-7-18(19(13-16)26-2)28-15-21(25)23-20-8-6-17(14-22-20)24-9-11-27-12-10-24/h3,5-8,13-14H,1,4,9-12,15H2,2H3,(H,22,23,25). The van der Waals surface area contributed by atoms with Gasteiger partial charge in [-0.3, -0.25) is 4.79 Å². The van der Waals surface area contributed by atoms with Gasteiger partial charge in [-0.1, -0.05) is 12.1 Å². The van der Waals surface area contributed by atoms with Crippen molar-refractivity contribution in [3.8, 4) is 11.5 Å². The summed E-state index contributed by atoms with van der Waals surface area (Å²) in [6.07, 6.45) is 4.31. The van der Waals surface area contributed by atoms with E-state index >= 15 is 0 Å². The first-order valence-corrected chi connectivity index (χ1v) is 9.19. The van der Waals surface area contributed by atoms with Gasteiger partial charge >= 0.3 is 0 Å². The normalized spacial score (nSPS) is 13.7. The van der Waals surface area contributed by atoms with Gasteiger partial charge in [0.15, 0.2) is 18.1 Å². The Balaban J connectivity index is 1.53. The summed E-state index contributed by atoms with van der Waals surface area (Å²) in [6.45, 7) is 6.71. The SMILES string of the molecule is C=CCc1ccc(OCC(=O)Nc2ccc(N3CCOCC3)cn2)c(OC)c1. The molecule has 1 aromatic carbocycles. The molecule has 0 spiro atoms. The molecule has 1 aromatic heterocycles. The molecule has 0 radical (unpaired) electrons. The van der Waals surface area contributed by atoms with Crippen LogP contribution in [0.3, 0.4) is 0 Å². The van der Waals surface area contributed by atoms with Crippen molar-refractivity contribution in [2.24, 2.45) is 0 Å². The van der Waals surface area contributed by atoms with Gasteiger partial charge in [0.2, 0.25) is 0 Å². The van der Waals surface area contributed by atoms with Crippen molar-refractivity contribution in [1.29, 1.82) is 0 Å². The minimum Gasteiger partial charge on any atom is -0.493 e. The van der Waals surface area contributed by atoms with E-state index in [1.54, 1.807) is 25.4 Å². The van der Waals surface area contributed by atoms with Crippen molar-refractivity contribution in [3.63, 3.8) is 0 Å². The number of benzene rings is 1. The van der Waals surface area contributed by atoms with E-state index in [2.05, 4.69) is 21.8 Å². The van der Waals surface area contributed by atoms with Crippen LogP contribution in [0.4, 0.5) is 11.5 Å². The maximum Gasteiger partial charge on any atom is 0.263 e. The Morgan fingerprint density at radius 3 is 2.79 bits per heavy atom. The van der Waals surface area contributed by atoms with Gasteiger partial charge in [-0.2, -0.15) is 0 Å². The summed E-state index contributed by atoms with van der Waals surface area (Å²) in [5.41, 5.74) is 2.08. The van der Waals surface area contributed by atoms with Gasteiger partial charge in [0.05, 0.1) is 32.2 Å². The molecule has 28 heavy (non-hydrogen) atoms. The molecule has 0 unspecified atom stereocenters. The predicted molar refractivity (Wildman–Crippen MR) is 108 cm³/mol. The van der Waals surface area contributed by atoms with Crippen molar-refractivity contribution >= 4 is 17.4 Å². The molecule has 3 rings (SSSR count). The Bertz CT molecular complexity index is 802. The van der Waals surface area contributed by atoms with Gasteiger partial charge in [-0.25, -0.2) is 4.98 Å². The Morgan fingerprint density at radius 2 is 2.11 bits per heavy atom. The van der Waals surface area contributed by atoms with Crippen molar-refractivity contribution < 1.29 is 19.0 Å². The highest BCUT2D eigenvalue weighted by Crippen LogP contribution is 2.28. The van der Waals surface area contributed by atoms with Crippen LogP contribution in [-0.4, -0.2) is 50.9 Å². The van der Waals surface area contributed by atoms with Gasteiger partial charge in [-0.15, -0.1) is 6.58 Å². The van der Waals surface area contributed by atoms with Gasteiger partial charge in [0, 0.05) is 13.1 Å². The number of anilines is 2. The van der Waals surface area contributed by atoms with E-state index in [9.17, 15) is 4.79 Å². The number of rotatable bonds is 8. The number of hydrogen-bond acceptors (Lipinski definition) is 6. The topological polar surface area (TPSA) is 72.9 Å². The number of amides is 1. The van der Waals surface area contributed by atoms with E-state index in [1.165, 1.54) is 0 Å². The zero-order chi connectivity index (χ0) is 19.8. The number of allylic oxidation sites excluding steroid dienone is 1. The van der Waals surface area contributed by atoms with Crippen molar-refractivity contribution in [3.05, 3.63) is 54.7 Å². The molecule has 0 saturated carbocycles. The Labute approximate surface area is 164 Å². The third-order valence-electron chi connectivity index (χ3n) is 4.36. The molecule has 1 aliphatic rings. The average Bonchev–Trinajstić information content (AvgIpc) is 2.74. The number of nitrogens with one attached hydrogen (secondary N) is 1. The molecule has 1 fully saturated rings. The zero-order valence-corrected chi connectivity index (χ0v) is 16.0. The van der Waals surface area contributed by atoms with Crippen LogP contribution >= 0.6 is 0 Å². The van der Waals surface area contributed by atoms with Crippen LogP contribution < -0.4 is 19.7 Å². The largest absolute Gasteiger partial charge is 0.493 e. The number of morpholine rings is 1. The average molecular weight is 383 g/mol. The van der Waals surface area contributed by atoms with Crippen LogP contribution in [0, 0.1) is 0 Å². The monoisotopic (exact) mass is 383 g/mol. The summed E-state index contributed by atoms with van der Waals surface area (Å²) in [4.78, 5) is 18.7. The highest BCUT2D eigenvalue weighted by molar-refractivity contribution is 5.91. The Morgan fingerprint density at radius 1 is 1.29 bits per heavy atom. The first-order valence-electron chi connectivity index (χ1n) is 9.19. The number of aromatic nitrogens is 1. The highest BCUT2D eigenvalue weighted by Gasteiger charge is 2.12. The third kappa shape index (κ3) is 5.23. The van der Waals surface area contributed by atoms with Gasteiger partial charge in [0.25, 0.3) is 5.91 Å². The summed E-state index contributed by atoms with van der Waals surface area (Å²) in [5, 5.41) is 2.74. The maximum atomic E-state index is 12.2. The van der Waals surface area contributed by atoms with Crippen molar-refractivity contribution in [1.82, 2.24) is 4.98 Å². The molecule has 1 aliphatic heterocycles. The van der Waals surface area contributed by atoms with Crippen molar-refractivity contribution in [2.45, 2.75) is 6.42 Å².